The molecule has 1 unspecified atom stereocenters. The van der Waals surface area contributed by atoms with Crippen molar-refractivity contribution in [2.24, 2.45) is 4.99 Å². The van der Waals surface area contributed by atoms with Crippen LogP contribution in [0.15, 0.2) is 47.5 Å². The standard InChI is InChI=1S/C24H33N3O3/c1-5-25-24(26-17-19-13-15-30-21-9-7-6-8-20(19)21)27(2)14-12-18-10-11-22(28-3)23(16-18)29-4/h6-11,16,19H,5,12-15,17H2,1-4H3,(H,25,26). The van der Waals surface area contributed by atoms with Gasteiger partial charge in [0.15, 0.2) is 17.5 Å². The summed E-state index contributed by atoms with van der Waals surface area (Å²) in [5.41, 5.74) is 2.46. The number of ether oxygens (including phenoxy) is 3. The van der Waals surface area contributed by atoms with E-state index in [0.717, 1.165) is 62.3 Å². The molecule has 2 aromatic rings. The Balaban J connectivity index is 1.64. The number of methoxy groups -OCH3 is 2. The maximum Gasteiger partial charge on any atom is 0.193 e. The molecular formula is C24H33N3O3. The lowest BCUT2D eigenvalue weighted by atomic mass is 9.93. The summed E-state index contributed by atoms with van der Waals surface area (Å²) in [7, 11) is 5.40. The van der Waals surface area contributed by atoms with Gasteiger partial charge in [-0.1, -0.05) is 24.3 Å². The molecule has 6 heteroatoms. The maximum atomic E-state index is 5.78. The van der Waals surface area contributed by atoms with E-state index in [2.05, 4.69) is 42.4 Å². The topological polar surface area (TPSA) is 55.3 Å². The largest absolute Gasteiger partial charge is 0.493 e. The second kappa shape index (κ2) is 10.8. The summed E-state index contributed by atoms with van der Waals surface area (Å²) in [6.07, 6.45) is 1.89. The molecule has 162 valence electrons. The fraction of sp³-hybridized carbons (Fsp3) is 0.458. The third-order valence-electron chi connectivity index (χ3n) is 5.42. The van der Waals surface area contributed by atoms with E-state index in [1.807, 2.05) is 24.3 Å². The molecule has 0 fully saturated rings. The fourth-order valence-corrected chi connectivity index (χ4v) is 3.71. The number of likely N-dealkylation sites (N-methyl/N-ethyl adjacent to an activating group) is 1. The van der Waals surface area contributed by atoms with E-state index in [-0.39, 0.29) is 0 Å². The van der Waals surface area contributed by atoms with Crippen LogP contribution in [0, 0.1) is 0 Å². The molecule has 0 amide bonds. The van der Waals surface area contributed by atoms with Gasteiger partial charge in [0.05, 0.1) is 20.8 Å². The normalized spacial score (nSPS) is 15.7. The molecule has 0 saturated carbocycles. The number of nitrogens with zero attached hydrogens (tertiary/aromatic N) is 2. The Hall–Kier alpha value is -2.89. The van der Waals surface area contributed by atoms with Gasteiger partial charge in [0, 0.05) is 32.6 Å². The van der Waals surface area contributed by atoms with Crippen molar-refractivity contribution >= 4 is 5.96 Å². The summed E-state index contributed by atoms with van der Waals surface area (Å²) in [6, 6.07) is 14.4. The molecule has 1 N–H and O–H groups in total. The molecule has 0 spiro atoms. The van der Waals surface area contributed by atoms with Crippen molar-refractivity contribution in [1.82, 2.24) is 10.2 Å². The zero-order chi connectivity index (χ0) is 21.3. The monoisotopic (exact) mass is 411 g/mol. The Morgan fingerprint density at radius 3 is 2.73 bits per heavy atom. The van der Waals surface area contributed by atoms with E-state index in [1.54, 1.807) is 14.2 Å². The van der Waals surface area contributed by atoms with E-state index in [4.69, 9.17) is 19.2 Å². The minimum absolute atomic E-state index is 0.392. The summed E-state index contributed by atoms with van der Waals surface area (Å²) < 4.78 is 16.5. The van der Waals surface area contributed by atoms with Crippen LogP contribution in [0.3, 0.4) is 0 Å². The Morgan fingerprint density at radius 2 is 1.97 bits per heavy atom. The van der Waals surface area contributed by atoms with Gasteiger partial charge < -0.3 is 24.4 Å². The lowest BCUT2D eigenvalue weighted by molar-refractivity contribution is 0.268. The van der Waals surface area contributed by atoms with Crippen LogP contribution in [-0.2, 0) is 6.42 Å². The minimum Gasteiger partial charge on any atom is -0.493 e. The van der Waals surface area contributed by atoms with E-state index in [0.29, 0.717) is 5.92 Å². The molecule has 1 aliphatic rings. The number of hydrogen-bond donors (Lipinski definition) is 1. The molecule has 30 heavy (non-hydrogen) atoms. The third-order valence-corrected chi connectivity index (χ3v) is 5.42. The highest BCUT2D eigenvalue weighted by molar-refractivity contribution is 5.79. The van der Waals surface area contributed by atoms with Crippen molar-refractivity contribution in [1.29, 1.82) is 0 Å². The van der Waals surface area contributed by atoms with Crippen LogP contribution in [0.5, 0.6) is 17.2 Å². The van der Waals surface area contributed by atoms with Gasteiger partial charge in [0.25, 0.3) is 0 Å². The zero-order valence-electron chi connectivity index (χ0n) is 18.5. The summed E-state index contributed by atoms with van der Waals surface area (Å²) in [5, 5.41) is 3.42. The highest BCUT2D eigenvalue weighted by Crippen LogP contribution is 2.33. The highest BCUT2D eigenvalue weighted by Gasteiger charge is 2.21. The fourth-order valence-electron chi connectivity index (χ4n) is 3.71. The van der Waals surface area contributed by atoms with Gasteiger partial charge in [-0.05, 0) is 49.1 Å². The van der Waals surface area contributed by atoms with Crippen molar-refractivity contribution < 1.29 is 14.2 Å². The number of rotatable bonds is 8. The summed E-state index contributed by atoms with van der Waals surface area (Å²) in [5.74, 6) is 3.83. The lowest BCUT2D eigenvalue weighted by Crippen LogP contribution is -2.40. The lowest BCUT2D eigenvalue weighted by Gasteiger charge is -2.26. The second-order valence-corrected chi connectivity index (χ2v) is 7.43. The van der Waals surface area contributed by atoms with Crippen LogP contribution in [-0.4, -0.2) is 58.4 Å². The second-order valence-electron chi connectivity index (χ2n) is 7.43. The molecule has 2 aromatic carbocycles. The molecule has 0 bridgehead atoms. The van der Waals surface area contributed by atoms with Gasteiger partial charge in [0.2, 0.25) is 0 Å². The molecule has 0 aliphatic carbocycles. The smallest absolute Gasteiger partial charge is 0.193 e. The molecule has 1 heterocycles. The molecule has 1 atom stereocenters. The van der Waals surface area contributed by atoms with Crippen molar-refractivity contribution in [2.75, 3.05) is 47.5 Å². The van der Waals surface area contributed by atoms with Gasteiger partial charge in [-0.3, -0.25) is 4.99 Å². The van der Waals surface area contributed by atoms with Crippen molar-refractivity contribution in [3.8, 4) is 17.2 Å². The molecule has 3 rings (SSSR count). The van der Waals surface area contributed by atoms with Gasteiger partial charge in [-0.2, -0.15) is 0 Å². The first-order chi connectivity index (χ1) is 14.7. The first kappa shape index (κ1) is 21.8. The maximum absolute atomic E-state index is 5.78. The average molecular weight is 412 g/mol. The van der Waals surface area contributed by atoms with Crippen LogP contribution in [0.1, 0.15) is 30.4 Å². The van der Waals surface area contributed by atoms with Crippen LogP contribution in [0.4, 0.5) is 0 Å². The van der Waals surface area contributed by atoms with E-state index >= 15 is 0 Å². The SMILES string of the molecule is CCNC(=NCC1CCOc2ccccc21)N(C)CCc1ccc(OC)c(OC)c1. The highest BCUT2D eigenvalue weighted by atomic mass is 16.5. The van der Waals surface area contributed by atoms with E-state index in [1.165, 1.54) is 11.1 Å². The summed E-state index contributed by atoms with van der Waals surface area (Å²) in [4.78, 5) is 7.13. The Morgan fingerprint density at radius 1 is 1.17 bits per heavy atom. The number of hydrogen-bond acceptors (Lipinski definition) is 4. The number of fused-ring (bicyclic) bond motifs is 1. The number of nitrogens with one attached hydrogen (secondary N) is 1. The Bertz CT molecular complexity index is 853. The number of benzene rings is 2. The molecule has 0 saturated heterocycles. The Kier molecular flexibility index (Phi) is 7.82. The van der Waals surface area contributed by atoms with Gasteiger partial charge in [-0.15, -0.1) is 0 Å². The van der Waals surface area contributed by atoms with Gasteiger partial charge in [-0.25, -0.2) is 0 Å². The number of guanidine groups is 1. The molecule has 6 nitrogen and oxygen atoms in total. The quantitative estimate of drug-likeness (QED) is 0.530. The van der Waals surface area contributed by atoms with Crippen molar-refractivity contribution in [3.05, 3.63) is 53.6 Å². The van der Waals surface area contributed by atoms with Crippen LogP contribution in [0.2, 0.25) is 0 Å². The van der Waals surface area contributed by atoms with E-state index in [9.17, 15) is 0 Å². The summed E-state index contributed by atoms with van der Waals surface area (Å²) in [6.45, 7) is 5.29. The van der Waals surface area contributed by atoms with Crippen molar-refractivity contribution in [2.45, 2.75) is 25.7 Å². The molecular weight excluding hydrogens is 378 g/mol. The predicted molar refractivity (Wildman–Crippen MR) is 121 cm³/mol. The molecule has 0 aromatic heterocycles. The average Bonchev–Trinajstić information content (AvgIpc) is 2.79. The van der Waals surface area contributed by atoms with Crippen LogP contribution in [0.25, 0.3) is 0 Å². The molecule has 1 aliphatic heterocycles. The number of para-hydroxylation sites is 1. The van der Waals surface area contributed by atoms with Crippen LogP contribution >= 0.6 is 0 Å². The first-order valence-electron chi connectivity index (χ1n) is 10.6. The number of aliphatic imine (C=N–C) groups is 1. The minimum atomic E-state index is 0.392. The first-order valence-corrected chi connectivity index (χ1v) is 10.6. The van der Waals surface area contributed by atoms with Crippen molar-refractivity contribution in [3.63, 3.8) is 0 Å². The summed E-state index contributed by atoms with van der Waals surface area (Å²) >= 11 is 0. The molecule has 0 radical (unpaired) electrons. The third kappa shape index (κ3) is 5.38. The zero-order valence-corrected chi connectivity index (χ0v) is 18.5. The van der Waals surface area contributed by atoms with Gasteiger partial charge in [0.1, 0.15) is 5.75 Å². The Labute approximate surface area is 179 Å². The van der Waals surface area contributed by atoms with Crippen LogP contribution < -0.4 is 19.5 Å². The predicted octanol–water partition coefficient (Wildman–Crippen LogP) is 3.71. The van der Waals surface area contributed by atoms with Gasteiger partial charge >= 0.3 is 0 Å². The van der Waals surface area contributed by atoms with E-state index < -0.39 is 0 Å².